The largest absolute Gasteiger partial charge is 0.573 e. The van der Waals surface area contributed by atoms with Gasteiger partial charge in [0.15, 0.2) is 5.76 Å². The fourth-order valence-electron chi connectivity index (χ4n) is 5.83. The summed E-state index contributed by atoms with van der Waals surface area (Å²) in [5.41, 5.74) is 2.74. The summed E-state index contributed by atoms with van der Waals surface area (Å²) in [5, 5.41) is 19.7. The van der Waals surface area contributed by atoms with Crippen molar-refractivity contribution in [3.05, 3.63) is 54.7 Å². The summed E-state index contributed by atoms with van der Waals surface area (Å²) in [4.78, 5) is 8.27. The average Bonchev–Trinajstić information content (AvgIpc) is 3.63. The Balaban J connectivity index is 1.06. The highest BCUT2D eigenvalue weighted by Crippen LogP contribution is 2.30. The number of alkyl halides is 3. The highest BCUT2D eigenvalue weighted by atomic mass is 19.4. The van der Waals surface area contributed by atoms with Crippen molar-refractivity contribution in [2.24, 2.45) is 7.05 Å². The standard InChI is InChI=1S/C29H33F3N8O2/c1-39-37-27(36-38-39)20-8-12-22(13-9-20)40-16-4-5-21(18-40)34-24-6-2-3-7-25(24)35-28-33-17-26(41-28)19-10-14-23(15-11-19)42-29(30,31)32/h8-15,17,21,24-25,34H,2-7,16,18H2,1H3,(H,33,35)/t21-,24+,25+/m0/s1. The summed E-state index contributed by atoms with van der Waals surface area (Å²) in [6, 6.07) is 15.1. The van der Waals surface area contributed by atoms with Crippen molar-refractivity contribution < 1.29 is 22.3 Å². The second-order valence-corrected chi connectivity index (χ2v) is 10.8. The van der Waals surface area contributed by atoms with E-state index in [0.717, 1.165) is 57.2 Å². The zero-order valence-electron chi connectivity index (χ0n) is 23.2. The van der Waals surface area contributed by atoms with Gasteiger partial charge in [0, 0.05) is 48.0 Å². The van der Waals surface area contributed by atoms with E-state index in [0.29, 0.717) is 29.2 Å². The van der Waals surface area contributed by atoms with Gasteiger partial charge >= 0.3 is 6.36 Å². The Bertz CT molecular complexity index is 1450. The molecule has 2 aromatic heterocycles. The predicted molar refractivity (Wildman–Crippen MR) is 151 cm³/mol. The van der Waals surface area contributed by atoms with E-state index in [9.17, 15) is 13.2 Å². The molecule has 0 amide bonds. The molecule has 1 saturated heterocycles. The smallest absolute Gasteiger partial charge is 0.424 e. The molecule has 4 aromatic rings. The Morgan fingerprint density at radius 3 is 2.38 bits per heavy atom. The summed E-state index contributed by atoms with van der Waals surface area (Å²) in [7, 11) is 1.75. The number of halogens is 3. The van der Waals surface area contributed by atoms with Crippen LogP contribution in [-0.2, 0) is 7.05 Å². The van der Waals surface area contributed by atoms with E-state index >= 15 is 0 Å². The lowest BCUT2D eigenvalue weighted by atomic mass is 9.89. The van der Waals surface area contributed by atoms with Gasteiger partial charge in [-0.25, -0.2) is 4.98 Å². The summed E-state index contributed by atoms with van der Waals surface area (Å²) in [5.74, 6) is 0.808. The van der Waals surface area contributed by atoms with Gasteiger partial charge in [-0.2, -0.15) is 4.80 Å². The number of anilines is 2. The van der Waals surface area contributed by atoms with Gasteiger partial charge in [0.05, 0.1) is 13.2 Å². The number of benzene rings is 2. The first-order chi connectivity index (χ1) is 20.3. The van der Waals surface area contributed by atoms with E-state index in [1.54, 1.807) is 13.2 Å². The molecule has 2 aromatic carbocycles. The lowest BCUT2D eigenvalue weighted by Gasteiger charge is -2.40. The van der Waals surface area contributed by atoms with Crippen LogP contribution in [0.4, 0.5) is 24.9 Å². The van der Waals surface area contributed by atoms with E-state index < -0.39 is 6.36 Å². The molecule has 1 aliphatic heterocycles. The van der Waals surface area contributed by atoms with Gasteiger partial charge in [-0.1, -0.05) is 12.8 Å². The second-order valence-electron chi connectivity index (χ2n) is 10.8. The lowest BCUT2D eigenvalue weighted by molar-refractivity contribution is -0.274. The zero-order chi connectivity index (χ0) is 29.1. The average molecular weight is 583 g/mol. The molecule has 1 aliphatic carbocycles. The third-order valence-electron chi connectivity index (χ3n) is 7.82. The molecule has 2 N–H and O–H groups in total. The van der Waals surface area contributed by atoms with Gasteiger partial charge < -0.3 is 24.7 Å². The molecule has 42 heavy (non-hydrogen) atoms. The number of nitrogens with zero attached hydrogens (tertiary/aromatic N) is 6. The summed E-state index contributed by atoms with van der Waals surface area (Å²) >= 11 is 0. The summed E-state index contributed by atoms with van der Waals surface area (Å²) < 4.78 is 47.3. The van der Waals surface area contributed by atoms with Gasteiger partial charge in [-0.3, -0.25) is 0 Å². The first-order valence-corrected chi connectivity index (χ1v) is 14.2. The fraction of sp³-hybridized carbons (Fsp3) is 0.448. The molecule has 3 heterocycles. The number of tetrazole rings is 1. The predicted octanol–water partition coefficient (Wildman–Crippen LogP) is 5.41. The number of piperidine rings is 1. The quantitative estimate of drug-likeness (QED) is 0.282. The molecule has 0 bridgehead atoms. The minimum Gasteiger partial charge on any atom is -0.424 e. The van der Waals surface area contributed by atoms with Gasteiger partial charge in [-0.05, 0) is 79.4 Å². The molecule has 0 spiro atoms. The first kappa shape index (κ1) is 28.0. The molecule has 2 aliphatic rings. The number of nitrogens with one attached hydrogen (secondary N) is 2. The molecule has 13 heteroatoms. The van der Waals surface area contributed by atoms with Gasteiger partial charge in [0.25, 0.3) is 6.01 Å². The minimum absolute atomic E-state index is 0.155. The summed E-state index contributed by atoms with van der Waals surface area (Å²) in [6.45, 7) is 1.93. The molecular weight excluding hydrogens is 549 g/mol. The van der Waals surface area contributed by atoms with Gasteiger partial charge in [0.2, 0.25) is 5.82 Å². The van der Waals surface area contributed by atoms with Crippen LogP contribution in [0.2, 0.25) is 0 Å². The highest BCUT2D eigenvalue weighted by molar-refractivity contribution is 5.60. The molecule has 0 radical (unpaired) electrons. The maximum absolute atomic E-state index is 12.5. The van der Waals surface area contributed by atoms with Crippen LogP contribution in [-0.4, -0.2) is 62.8 Å². The van der Waals surface area contributed by atoms with E-state index in [1.807, 2.05) is 12.1 Å². The van der Waals surface area contributed by atoms with Crippen LogP contribution < -0.4 is 20.3 Å². The van der Waals surface area contributed by atoms with E-state index in [2.05, 4.69) is 52.8 Å². The fourth-order valence-corrected chi connectivity index (χ4v) is 5.83. The Kier molecular flexibility index (Phi) is 8.00. The van der Waals surface area contributed by atoms with E-state index in [4.69, 9.17) is 4.42 Å². The molecule has 6 rings (SSSR count). The van der Waals surface area contributed by atoms with Crippen LogP contribution in [0.1, 0.15) is 38.5 Å². The van der Waals surface area contributed by atoms with E-state index in [1.165, 1.54) is 34.7 Å². The van der Waals surface area contributed by atoms with Crippen LogP contribution >= 0.6 is 0 Å². The van der Waals surface area contributed by atoms with E-state index in [-0.39, 0.29) is 17.8 Å². The molecule has 3 atom stereocenters. The first-order valence-electron chi connectivity index (χ1n) is 14.2. The Labute approximate surface area is 241 Å². The number of hydrogen-bond donors (Lipinski definition) is 2. The second kappa shape index (κ2) is 12.0. The summed E-state index contributed by atoms with van der Waals surface area (Å²) in [6.07, 6.45) is 3.40. The van der Waals surface area contributed by atoms with Crippen molar-refractivity contribution in [1.29, 1.82) is 0 Å². The topological polar surface area (TPSA) is 106 Å². The number of ether oxygens (including phenoxy) is 1. The van der Waals surface area contributed by atoms with Gasteiger partial charge in [-0.15, -0.1) is 23.4 Å². The number of rotatable bonds is 8. The third-order valence-corrected chi connectivity index (χ3v) is 7.82. The Hall–Kier alpha value is -4.13. The van der Waals surface area contributed by atoms with Crippen molar-refractivity contribution in [2.45, 2.75) is 63.0 Å². The number of aromatic nitrogens is 5. The van der Waals surface area contributed by atoms with Crippen LogP contribution in [0.25, 0.3) is 22.7 Å². The Morgan fingerprint density at radius 2 is 1.67 bits per heavy atom. The number of aryl methyl sites for hydroxylation is 1. The highest BCUT2D eigenvalue weighted by Gasteiger charge is 2.32. The maximum Gasteiger partial charge on any atom is 0.573 e. The van der Waals surface area contributed by atoms with Crippen LogP contribution in [0.3, 0.4) is 0 Å². The SMILES string of the molecule is Cn1nnc(-c2ccc(N3CCC[C@H](N[C@@H]4CCCC[C@H]4Nc4ncc(-c5ccc(OC(F)(F)F)cc5)o4)C3)cc2)n1. The molecule has 0 unspecified atom stereocenters. The normalized spacial score (nSPS) is 21.3. The van der Waals surface area contributed by atoms with Crippen molar-refractivity contribution in [2.75, 3.05) is 23.3 Å². The number of hydrogen-bond acceptors (Lipinski definition) is 9. The molecule has 10 nitrogen and oxygen atoms in total. The van der Waals surface area contributed by atoms with Gasteiger partial charge in [0.1, 0.15) is 5.75 Å². The van der Waals surface area contributed by atoms with Crippen LogP contribution in [0.5, 0.6) is 5.75 Å². The number of oxazole rings is 1. The molecule has 222 valence electrons. The Morgan fingerprint density at radius 1 is 0.929 bits per heavy atom. The van der Waals surface area contributed by atoms with Crippen molar-refractivity contribution in [3.8, 4) is 28.5 Å². The van der Waals surface area contributed by atoms with Crippen molar-refractivity contribution >= 4 is 11.7 Å². The monoisotopic (exact) mass is 582 g/mol. The molecule has 2 fully saturated rings. The maximum atomic E-state index is 12.5. The van der Waals surface area contributed by atoms with Crippen LogP contribution in [0.15, 0.2) is 59.1 Å². The van der Waals surface area contributed by atoms with Crippen molar-refractivity contribution in [1.82, 2.24) is 30.5 Å². The zero-order valence-corrected chi connectivity index (χ0v) is 23.2. The molecule has 1 saturated carbocycles. The minimum atomic E-state index is -4.73. The van der Waals surface area contributed by atoms with Crippen molar-refractivity contribution in [3.63, 3.8) is 0 Å². The van der Waals surface area contributed by atoms with Crippen LogP contribution in [0, 0.1) is 0 Å². The third kappa shape index (κ3) is 6.84. The molecular formula is C29H33F3N8O2. The lowest BCUT2D eigenvalue weighted by Crippen LogP contribution is -2.54.